The van der Waals surface area contributed by atoms with Gasteiger partial charge in [0.2, 0.25) is 0 Å². The third-order valence-electron chi connectivity index (χ3n) is 14.7. The van der Waals surface area contributed by atoms with Crippen LogP contribution in [-0.4, -0.2) is 0 Å². The SMILES string of the molecule is CC1(C)c2ccccc2-c2ccc(N(c3cccc4c3-c3ccccc3C43c4ccccc4N(c4ccccc4)c4ccccc43)c3c(-c4ccccc4)cccc3-c3ccccc3)cc21. The molecule has 0 unspecified atom stereocenters. The van der Waals surface area contributed by atoms with Crippen LogP contribution in [0.1, 0.15) is 47.2 Å². The van der Waals surface area contributed by atoms with Crippen LogP contribution < -0.4 is 9.80 Å². The normalized spacial score (nSPS) is 14.1. The lowest BCUT2D eigenvalue weighted by Gasteiger charge is -2.45. The lowest BCUT2D eigenvalue weighted by Crippen LogP contribution is -2.36. The summed E-state index contributed by atoms with van der Waals surface area (Å²) in [6.07, 6.45) is 0. The predicted octanol–water partition coefficient (Wildman–Crippen LogP) is 16.9. The molecular formula is C64H46N2. The number of hydrogen-bond acceptors (Lipinski definition) is 2. The van der Waals surface area contributed by atoms with Crippen LogP contribution in [0.15, 0.2) is 243 Å². The van der Waals surface area contributed by atoms with Crippen molar-refractivity contribution in [3.8, 4) is 44.5 Å². The van der Waals surface area contributed by atoms with Crippen LogP contribution in [0.4, 0.5) is 34.1 Å². The molecule has 2 heteroatoms. The maximum atomic E-state index is 2.61. The van der Waals surface area contributed by atoms with Gasteiger partial charge in [-0.05, 0) is 104 Å². The first-order chi connectivity index (χ1) is 32.5. The first-order valence-electron chi connectivity index (χ1n) is 23.1. The minimum Gasteiger partial charge on any atom is -0.310 e. The minimum absolute atomic E-state index is 0.190. The Kier molecular flexibility index (Phi) is 8.51. The van der Waals surface area contributed by atoms with Crippen LogP contribution in [0.25, 0.3) is 44.5 Å². The molecule has 312 valence electrons. The first kappa shape index (κ1) is 38.3. The summed E-state index contributed by atoms with van der Waals surface area (Å²) in [6, 6.07) is 90.2. The number of anilines is 6. The second-order valence-corrected chi connectivity index (χ2v) is 18.4. The zero-order chi connectivity index (χ0) is 44.0. The molecule has 0 atom stereocenters. The summed E-state index contributed by atoms with van der Waals surface area (Å²) in [5.41, 5.74) is 23.8. The van der Waals surface area contributed by atoms with E-state index in [9.17, 15) is 0 Å². The number of fused-ring (bicyclic) bond motifs is 12. The Morgan fingerprint density at radius 1 is 0.348 bits per heavy atom. The van der Waals surface area contributed by atoms with E-state index in [0.29, 0.717) is 0 Å². The molecule has 0 aromatic heterocycles. The van der Waals surface area contributed by atoms with Gasteiger partial charge in [0.25, 0.3) is 0 Å². The Balaban J connectivity index is 1.15. The van der Waals surface area contributed by atoms with Crippen LogP contribution in [-0.2, 0) is 10.8 Å². The summed E-state index contributed by atoms with van der Waals surface area (Å²) in [6.45, 7) is 4.77. The van der Waals surface area contributed by atoms with Gasteiger partial charge in [0, 0.05) is 33.5 Å². The molecule has 13 rings (SSSR count). The summed E-state index contributed by atoms with van der Waals surface area (Å²) >= 11 is 0. The number of benzene rings is 10. The molecule has 66 heavy (non-hydrogen) atoms. The molecule has 0 saturated heterocycles. The smallest absolute Gasteiger partial charge is 0.0755 e. The van der Waals surface area contributed by atoms with Crippen LogP contribution in [0.5, 0.6) is 0 Å². The average molecular weight is 843 g/mol. The Morgan fingerprint density at radius 3 is 1.45 bits per heavy atom. The zero-order valence-electron chi connectivity index (χ0n) is 37.0. The average Bonchev–Trinajstić information content (AvgIpc) is 3.80. The highest BCUT2D eigenvalue weighted by atomic mass is 15.2. The van der Waals surface area contributed by atoms with E-state index in [1.165, 1.54) is 89.3 Å². The van der Waals surface area contributed by atoms with E-state index in [-0.39, 0.29) is 5.41 Å². The van der Waals surface area contributed by atoms with Crippen molar-refractivity contribution in [2.45, 2.75) is 24.7 Å². The molecule has 1 aliphatic heterocycles. The molecule has 10 aromatic rings. The van der Waals surface area contributed by atoms with Crippen LogP contribution in [0, 0.1) is 0 Å². The summed E-state index contributed by atoms with van der Waals surface area (Å²) in [5.74, 6) is 0. The maximum absolute atomic E-state index is 2.61. The summed E-state index contributed by atoms with van der Waals surface area (Å²) in [7, 11) is 0. The molecule has 1 spiro atoms. The van der Waals surface area contributed by atoms with Crippen molar-refractivity contribution >= 4 is 34.1 Å². The van der Waals surface area contributed by atoms with Gasteiger partial charge in [-0.3, -0.25) is 0 Å². The molecule has 2 aliphatic carbocycles. The van der Waals surface area contributed by atoms with Crippen molar-refractivity contribution < 1.29 is 0 Å². The van der Waals surface area contributed by atoms with Gasteiger partial charge in [0.1, 0.15) is 0 Å². The van der Waals surface area contributed by atoms with Gasteiger partial charge in [-0.15, -0.1) is 0 Å². The van der Waals surface area contributed by atoms with Crippen molar-refractivity contribution in [2.75, 3.05) is 9.80 Å². The fraction of sp³-hybridized carbons (Fsp3) is 0.0625. The zero-order valence-corrected chi connectivity index (χ0v) is 37.0. The third-order valence-corrected chi connectivity index (χ3v) is 14.7. The second kappa shape index (κ2) is 14.7. The number of nitrogens with zero attached hydrogens (tertiary/aromatic N) is 2. The molecule has 1 heterocycles. The summed E-state index contributed by atoms with van der Waals surface area (Å²) < 4.78 is 0. The van der Waals surface area contributed by atoms with Crippen molar-refractivity contribution in [3.63, 3.8) is 0 Å². The van der Waals surface area contributed by atoms with Crippen molar-refractivity contribution in [1.82, 2.24) is 0 Å². The molecule has 0 fully saturated rings. The molecule has 0 saturated carbocycles. The Labute approximate surface area is 387 Å². The highest BCUT2D eigenvalue weighted by molar-refractivity contribution is 6.05. The topological polar surface area (TPSA) is 6.48 Å². The van der Waals surface area contributed by atoms with E-state index in [2.05, 4.69) is 266 Å². The number of rotatable bonds is 6. The maximum Gasteiger partial charge on any atom is 0.0755 e. The second-order valence-electron chi connectivity index (χ2n) is 18.4. The highest BCUT2D eigenvalue weighted by Crippen LogP contribution is 2.66. The monoisotopic (exact) mass is 842 g/mol. The van der Waals surface area contributed by atoms with Gasteiger partial charge in [-0.2, -0.15) is 0 Å². The molecular weight excluding hydrogens is 797 g/mol. The van der Waals surface area contributed by atoms with E-state index >= 15 is 0 Å². The Hall–Kier alpha value is -8.20. The number of hydrogen-bond donors (Lipinski definition) is 0. The van der Waals surface area contributed by atoms with E-state index in [0.717, 1.165) is 22.7 Å². The lowest BCUT2D eigenvalue weighted by molar-refractivity contribution is 0.660. The molecule has 0 N–H and O–H groups in total. The van der Waals surface area contributed by atoms with E-state index in [4.69, 9.17) is 0 Å². The van der Waals surface area contributed by atoms with E-state index in [1.807, 2.05) is 0 Å². The Bertz CT molecular complexity index is 3410. The standard InChI is InChI=1S/C64H46N2/c1-63(2)52-32-14-12-28-49(52)50-41-40-46(42-57(50)63)66(62-47(43-22-6-3-7-23-43)30-20-31-48(62)44-24-8-4-9-25-44)60-39-21-36-56-61(60)51-29-13-15-33-53(51)64(56)54-34-16-18-37-58(54)65(45-26-10-5-11-27-45)59-38-19-17-35-55(59)64/h3-42H,1-2H3. The van der Waals surface area contributed by atoms with Crippen molar-refractivity contribution in [2.24, 2.45) is 0 Å². The molecule has 0 radical (unpaired) electrons. The highest BCUT2D eigenvalue weighted by Gasteiger charge is 2.52. The van der Waals surface area contributed by atoms with Crippen LogP contribution in [0.3, 0.4) is 0 Å². The molecule has 3 aliphatic rings. The van der Waals surface area contributed by atoms with E-state index < -0.39 is 5.41 Å². The van der Waals surface area contributed by atoms with Gasteiger partial charge in [-0.25, -0.2) is 0 Å². The largest absolute Gasteiger partial charge is 0.310 e. The predicted molar refractivity (Wildman–Crippen MR) is 275 cm³/mol. The van der Waals surface area contributed by atoms with Crippen molar-refractivity contribution in [1.29, 1.82) is 0 Å². The summed E-state index contributed by atoms with van der Waals surface area (Å²) in [5, 5.41) is 0. The lowest BCUT2D eigenvalue weighted by atomic mass is 9.64. The minimum atomic E-state index is -0.602. The Morgan fingerprint density at radius 2 is 0.818 bits per heavy atom. The molecule has 0 amide bonds. The van der Waals surface area contributed by atoms with Crippen LogP contribution >= 0.6 is 0 Å². The fourth-order valence-electron chi connectivity index (χ4n) is 11.9. The third kappa shape index (κ3) is 5.36. The molecule has 2 nitrogen and oxygen atoms in total. The van der Waals surface area contributed by atoms with Gasteiger partial charge in [0.05, 0.1) is 28.2 Å². The quantitative estimate of drug-likeness (QED) is 0.165. The molecule has 10 aromatic carbocycles. The van der Waals surface area contributed by atoms with Gasteiger partial charge < -0.3 is 9.80 Å². The number of para-hydroxylation sites is 4. The first-order valence-corrected chi connectivity index (χ1v) is 23.1. The van der Waals surface area contributed by atoms with E-state index in [1.54, 1.807) is 0 Å². The summed E-state index contributed by atoms with van der Waals surface area (Å²) in [4.78, 5) is 5.06. The van der Waals surface area contributed by atoms with Crippen LogP contribution in [0.2, 0.25) is 0 Å². The molecule has 0 bridgehead atoms. The van der Waals surface area contributed by atoms with Gasteiger partial charge in [-0.1, -0.05) is 214 Å². The van der Waals surface area contributed by atoms with Gasteiger partial charge in [0.15, 0.2) is 0 Å². The fourth-order valence-corrected chi connectivity index (χ4v) is 11.9. The van der Waals surface area contributed by atoms with Crippen molar-refractivity contribution in [3.05, 3.63) is 276 Å². The van der Waals surface area contributed by atoms with Gasteiger partial charge >= 0.3 is 0 Å².